The molecule has 2 aromatic rings. The van der Waals surface area contributed by atoms with Crippen LogP contribution in [0.1, 0.15) is 26.7 Å². The Morgan fingerprint density at radius 3 is 2.50 bits per heavy atom. The van der Waals surface area contributed by atoms with Gasteiger partial charge in [0.15, 0.2) is 5.96 Å². The topological polar surface area (TPSA) is 52.6 Å². The van der Waals surface area contributed by atoms with Crippen LogP contribution in [0.5, 0.6) is 0 Å². The van der Waals surface area contributed by atoms with Gasteiger partial charge >= 0.3 is 0 Å². The first-order valence-electron chi connectivity index (χ1n) is 8.08. The van der Waals surface area contributed by atoms with Crippen molar-refractivity contribution in [3.8, 4) is 0 Å². The van der Waals surface area contributed by atoms with Crippen LogP contribution in [0.25, 0.3) is 0 Å². The van der Waals surface area contributed by atoms with Gasteiger partial charge in [-0.25, -0.2) is 4.98 Å². The smallest absolute Gasteiger partial charge is 0.191 e. The molecule has 0 bridgehead atoms. The number of benzene rings is 1. The van der Waals surface area contributed by atoms with Gasteiger partial charge in [-0.2, -0.15) is 0 Å². The number of rotatable bonds is 6. The number of aliphatic imine (C=N–C) groups is 1. The van der Waals surface area contributed by atoms with Crippen LogP contribution in [-0.4, -0.2) is 37.0 Å². The van der Waals surface area contributed by atoms with Crippen LogP contribution in [0.4, 0.5) is 0 Å². The van der Waals surface area contributed by atoms with E-state index in [-0.39, 0.29) is 0 Å². The number of hydrogen-bond donors (Lipinski definition) is 2. The van der Waals surface area contributed by atoms with E-state index in [9.17, 15) is 0 Å². The standard InChI is InChI=1S/C18H27N5S/c1-13-17(24-14(2)22-13)11-21-18(19-3)20-10-15-7-6-8-16(9-15)12-23(4)5/h6-9H,10-12H2,1-5H3,(H2,19,20,21). The summed E-state index contributed by atoms with van der Waals surface area (Å²) in [4.78, 5) is 12.2. The Morgan fingerprint density at radius 2 is 1.88 bits per heavy atom. The van der Waals surface area contributed by atoms with Gasteiger partial charge < -0.3 is 15.5 Å². The van der Waals surface area contributed by atoms with Crippen molar-refractivity contribution in [2.45, 2.75) is 33.5 Å². The highest BCUT2D eigenvalue weighted by atomic mass is 32.1. The molecule has 1 aromatic carbocycles. The number of guanidine groups is 1. The van der Waals surface area contributed by atoms with Gasteiger partial charge in [-0.05, 0) is 39.1 Å². The van der Waals surface area contributed by atoms with Crippen LogP contribution in [0, 0.1) is 13.8 Å². The summed E-state index contributed by atoms with van der Waals surface area (Å²) in [7, 11) is 5.96. The van der Waals surface area contributed by atoms with Crippen molar-refractivity contribution in [1.82, 2.24) is 20.5 Å². The van der Waals surface area contributed by atoms with Gasteiger partial charge in [0, 0.05) is 25.0 Å². The lowest BCUT2D eigenvalue weighted by Crippen LogP contribution is -2.36. The molecule has 0 aliphatic heterocycles. The van der Waals surface area contributed by atoms with Gasteiger partial charge in [0.1, 0.15) is 0 Å². The molecule has 5 nitrogen and oxygen atoms in total. The Hall–Kier alpha value is -1.92. The quantitative estimate of drug-likeness (QED) is 0.624. The second-order valence-electron chi connectivity index (χ2n) is 6.08. The molecular formula is C18H27N5S. The molecule has 0 radical (unpaired) electrons. The Bertz CT molecular complexity index is 690. The number of thiazole rings is 1. The monoisotopic (exact) mass is 345 g/mol. The summed E-state index contributed by atoms with van der Waals surface area (Å²) in [6, 6.07) is 8.63. The number of nitrogens with one attached hydrogen (secondary N) is 2. The van der Waals surface area contributed by atoms with Crippen molar-refractivity contribution < 1.29 is 0 Å². The first-order valence-corrected chi connectivity index (χ1v) is 8.89. The van der Waals surface area contributed by atoms with E-state index in [1.54, 1.807) is 18.4 Å². The van der Waals surface area contributed by atoms with Crippen LogP contribution in [0.15, 0.2) is 29.3 Å². The maximum atomic E-state index is 4.46. The molecule has 0 saturated carbocycles. The van der Waals surface area contributed by atoms with E-state index in [4.69, 9.17) is 0 Å². The lowest BCUT2D eigenvalue weighted by molar-refractivity contribution is 0.402. The van der Waals surface area contributed by atoms with E-state index < -0.39 is 0 Å². The fourth-order valence-electron chi connectivity index (χ4n) is 2.51. The van der Waals surface area contributed by atoms with E-state index in [2.05, 4.69) is 63.9 Å². The highest BCUT2D eigenvalue weighted by Gasteiger charge is 2.06. The molecule has 24 heavy (non-hydrogen) atoms. The van der Waals surface area contributed by atoms with E-state index in [1.165, 1.54) is 16.0 Å². The molecule has 0 aliphatic rings. The summed E-state index contributed by atoms with van der Waals surface area (Å²) in [5.74, 6) is 0.804. The second kappa shape index (κ2) is 8.80. The zero-order valence-electron chi connectivity index (χ0n) is 15.2. The minimum Gasteiger partial charge on any atom is -0.352 e. The number of aryl methyl sites for hydroxylation is 2. The summed E-state index contributed by atoms with van der Waals surface area (Å²) in [5, 5.41) is 7.83. The van der Waals surface area contributed by atoms with E-state index in [1.807, 2.05) is 13.8 Å². The van der Waals surface area contributed by atoms with Gasteiger partial charge in [-0.1, -0.05) is 24.3 Å². The Morgan fingerprint density at radius 1 is 1.17 bits per heavy atom. The van der Waals surface area contributed by atoms with Crippen molar-refractivity contribution in [3.63, 3.8) is 0 Å². The largest absolute Gasteiger partial charge is 0.352 e. The molecule has 0 fully saturated rings. The maximum absolute atomic E-state index is 4.46. The van der Waals surface area contributed by atoms with Crippen molar-refractivity contribution in [1.29, 1.82) is 0 Å². The molecule has 0 amide bonds. The zero-order chi connectivity index (χ0) is 17.5. The molecule has 2 rings (SSSR count). The SMILES string of the molecule is CN=C(NCc1cccc(CN(C)C)c1)NCc1sc(C)nc1C. The average molecular weight is 346 g/mol. The second-order valence-corrected chi connectivity index (χ2v) is 7.37. The number of nitrogens with zero attached hydrogens (tertiary/aromatic N) is 3. The lowest BCUT2D eigenvalue weighted by atomic mass is 10.1. The Labute approximate surface area is 148 Å². The first-order chi connectivity index (χ1) is 11.5. The van der Waals surface area contributed by atoms with Crippen molar-refractivity contribution in [2.75, 3.05) is 21.1 Å². The van der Waals surface area contributed by atoms with Crippen LogP contribution >= 0.6 is 11.3 Å². The molecule has 0 atom stereocenters. The third-order valence-corrected chi connectivity index (χ3v) is 4.66. The maximum Gasteiger partial charge on any atom is 0.191 e. The molecular weight excluding hydrogens is 318 g/mol. The zero-order valence-corrected chi connectivity index (χ0v) is 16.0. The Kier molecular flexibility index (Phi) is 6.75. The minimum absolute atomic E-state index is 0.748. The third-order valence-electron chi connectivity index (χ3n) is 3.59. The predicted molar refractivity (Wildman–Crippen MR) is 102 cm³/mol. The number of aromatic nitrogens is 1. The van der Waals surface area contributed by atoms with Gasteiger partial charge in [0.05, 0.1) is 17.2 Å². The van der Waals surface area contributed by atoms with Crippen molar-refractivity contribution in [3.05, 3.63) is 51.0 Å². The fraction of sp³-hybridized carbons (Fsp3) is 0.444. The molecule has 2 N–H and O–H groups in total. The van der Waals surface area contributed by atoms with Crippen molar-refractivity contribution in [2.24, 2.45) is 4.99 Å². The molecule has 0 spiro atoms. The highest BCUT2D eigenvalue weighted by Crippen LogP contribution is 2.16. The summed E-state index contributed by atoms with van der Waals surface area (Å²) in [5.41, 5.74) is 3.66. The van der Waals surface area contributed by atoms with E-state index in [0.29, 0.717) is 0 Å². The predicted octanol–water partition coefficient (Wildman–Crippen LogP) is 2.69. The minimum atomic E-state index is 0.748. The lowest BCUT2D eigenvalue weighted by Gasteiger charge is -2.13. The normalized spacial score (nSPS) is 11.8. The van der Waals surface area contributed by atoms with Crippen LogP contribution in [0.2, 0.25) is 0 Å². The van der Waals surface area contributed by atoms with Gasteiger partial charge in [-0.3, -0.25) is 4.99 Å². The molecule has 130 valence electrons. The van der Waals surface area contributed by atoms with Crippen molar-refractivity contribution >= 4 is 17.3 Å². The Balaban J connectivity index is 1.88. The first kappa shape index (κ1) is 18.4. The molecule has 0 saturated heterocycles. The van der Waals surface area contributed by atoms with Gasteiger partial charge in [-0.15, -0.1) is 11.3 Å². The van der Waals surface area contributed by atoms with E-state index in [0.717, 1.165) is 36.3 Å². The highest BCUT2D eigenvalue weighted by molar-refractivity contribution is 7.11. The molecule has 0 aliphatic carbocycles. The molecule has 1 aromatic heterocycles. The summed E-state index contributed by atoms with van der Waals surface area (Å²) in [6.45, 7) is 6.53. The van der Waals surface area contributed by atoms with E-state index >= 15 is 0 Å². The van der Waals surface area contributed by atoms with Crippen LogP contribution in [0.3, 0.4) is 0 Å². The average Bonchev–Trinajstić information content (AvgIpc) is 2.85. The fourth-order valence-corrected chi connectivity index (χ4v) is 3.39. The summed E-state index contributed by atoms with van der Waals surface area (Å²) < 4.78 is 0. The third kappa shape index (κ3) is 5.62. The number of hydrogen-bond acceptors (Lipinski definition) is 4. The summed E-state index contributed by atoms with van der Waals surface area (Å²) >= 11 is 1.73. The van der Waals surface area contributed by atoms with Crippen LogP contribution < -0.4 is 10.6 Å². The van der Waals surface area contributed by atoms with Gasteiger partial charge in [0.25, 0.3) is 0 Å². The molecule has 6 heteroatoms. The van der Waals surface area contributed by atoms with Gasteiger partial charge in [0.2, 0.25) is 0 Å². The molecule has 1 heterocycles. The van der Waals surface area contributed by atoms with Crippen LogP contribution in [-0.2, 0) is 19.6 Å². The summed E-state index contributed by atoms with van der Waals surface area (Å²) in [6.07, 6.45) is 0. The molecule has 0 unspecified atom stereocenters.